The molecular weight excluding hydrogens is 674 g/mol. The molecule has 12 N–H and O–H groups in total. The molecule has 51 heavy (non-hydrogen) atoms. The molecule has 0 aliphatic carbocycles. The van der Waals surface area contributed by atoms with Gasteiger partial charge >= 0.3 is 17.9 Å². The summed E-state index contributed by atoms with van der Waals surface area (Å²) in [5.41, 5.74) is 10.9. The van der Waals surface area contributed by atoms with Crippen LogP contribution in [0.2, 0.25) is 0 Å². The van der Waals surface area contributed by atoms with Crippen LogP contribution >= 0.6 is 0 Å². The van der Waals surface area contributed by atoms with Gasteiger partial charge in [-0.3, -0.25) is 38.4 Å². The SMILES string of the molecule is CC(C)C[C@H](NC(=O)[C@H](CCC(N)=O)NC(=O)[C@H](CC(C)C)NC(=O)[C@H](CCC(=O)O)NC(=O)[C@H](CC(C)C)NC(=O)[C@@H](N)CC(=O)O)C(=O)O. The molecule has 0 rings (SSSR count). The molecule has 0 saturated heterocycles. The van der Waals surface area contributed by atoms with Crippen LogP contribution in [0.25, 0.3) is 0 Å². The van der Waals surface area contributed by atoms with Gasteiger partial charge in [-0.15, -0.1) is 0 Å². The second-order valence-corrected chi connectivity index (χ2v) is 13.7. The number of rotatable bonds is 25. The van der Waals surface area contributed by atoms with E-state index in [9.17, 15) is 53.4 Å². The average Bonchev–Trinajstić information content (AvgIpc) is 2.98. The van der Waals surface area contributed by atoms with Gasteiger partial charge in [0.05, 0.1) is 12.5 Å². The highest BCUT2D eigenvalue weighted by Crippen LogP contribution is 2.12. The molecule has 19 nitrogen and oxygen atoms in total. The first-order valence-electron chi connectivity index (χ1n) is 16.8. The highest BCUT2D eigenvalue weighted by atomic mass is 16.4. The summed E-state index contributed by atoms with van der Waals surface area (Å²) in [6, 6.07) is -8.38. The highest BCUT2D eigenvalue weighted by Gasteiger charge is 2.34. The maximum atomic E-state index is 13.6. The molecule has 0 heterocycles. The predicted molar refractivity (Wildman–Crippen MR) is 181 cm³/mol. The Labute approximate surface area is 296 Å². The zero-order chi connectivity index (χ0) is 39.6. The van der Waals surface area contributed by atoms with Gasteiger partial charge in [-0.25, -0.2) is 4.79 Å². The molecular formula is C32H55N7O12. The van der Waals surface area contributed by atoms with Crippen molar-refractivity contribution >= 4 is 53.4 Å². The molecule has 0 aromatic heterocycles. The monoisotopic (exact) mass is 729 g/mol. The standard InChI is InChI=1S/C32H55N7O12/c1-15(2)11-21(37-27(45)18(33)14-26(43)44)30(48)36-20(8-10-25(41)42)28(46)38-22(12-16(3)4)31(49)35-19(7-9-24(34)40)29(47)39-23(32(50)51)13-17(5)6/h15-23H,7-14,33H2,1-6H3,(H2,34,40)(H,35,49)(H,36,48)(H,37,45)(H,38,46)(H,39,47)(H,41,42)(H,43,44)(H,50,51)/t18-,19-,20-,21-,22-,23-/m0/s1. The Morgan fingerprint density at radius 3 is 1.18 bits per heavy atom. The van der Waals surface area contributed by atoms with E-state index < -0.39 is 109 Å². The van der Waals surface area contributed by atoms with Crippen molar-refractivity contribution < 1.29 is 58.5 Å². The molecule has 0 aliphatic heterocycles. The summed E-state index contributed by atoms with van der Waals surface area (Å²) >= 11 is 0. The summed E-state index contributed by atoms with van der Waals surface area (Å²) in [7, 11) is 0. The summed E-state index contributed by atoms with van der Waals surface area (Å²) in [5.74, 6) is -9.87. The van der Waals surface area contributed by atoms with Crippen LogP contribution in [0.1, 0.15) is 92.9 Å². The van der Waals surface area contributed by atoms with Gasteiger partial charge in [0, 0.05) is 12.8 Å². The number of carboxylic acid groups (broad SMARTS) is 3. The number of amides is 6. The van der Waals surface area contributed by atoms with Crippen molar-refractivity contribution in [3.8, 4) is 0 Å². The topological polar surface area (TPSA) is 327 Å². The van der Waals surface area contributed by atoms with Crippen LogP contribution in [0.5, 0.6) is 0 Å². The van der Waals surface area contributed by atoms with E-state index in [1.165, 1.54) is 0 Å². The summed E-state index contributed by atoms with van der Waals surface area (Å²) in [6.45, 7) is 10.4. The Morgan fingerprint density at radius 1 is 0.490 bits per heavy atom. The van der Waals surface area contributed by atoms with Crippen LogP contribution in [0, 0.1) is 17.8 Å². The Morgan fingerprint density at radius 2 is 0.824 bits per heavy atom. The van der Waals surface area contributed by atoms with Crippen molar-refractivity contribution in [1.29, 1.82) is 0 Å². The van der Waals surface area contributed by atoms with Gasteiger partial charge in [0.15, 0.2) is 0 Å². The number of hydrogen-bond acceptors (Lipinski definition) is 10. The molecule has 0 spiro atoms. The number of carbonyl (C=O) groups is 9. The third kappa shape index (κ3) is 19.8. The van der Waals surface area contributed by atoms with Crippen LogP contribution in [0.3, 0.4) is 0 Å². The molecule has 6 amide bonds. The van der Waals surface area contributed by atoms with Crippen molar-refractivity contribution in [3.63, 3.8) is 0 Å². The maximum Gasteiger partial charge on any atom is 0.326 e. The fourth-order valence-corrected chi connectivity index (χ4v) is 4.84. The van der Waals surface area contributed by atoms with Gasteiger partial charge in [-0.2, -0.15) is 0 Å². The number of carboxylic acids is 3. The maximum absolute atomic E-state index is 13.6. The van der Waals surface area contributed by atoms with E-state index >= 15 is 0 Å². The van der Waals surface area contributed by atoms with Gasteiger partial charge in [0.1, 0.15) is 30.2 Å². The minimum atomic E-state index is -1.53. The first-order chi connectivity index (χ1) is 23.5. The molecule has 0 aromatic carbocycles. The second kappa shape index (κ2) is 22.8. The number of aliphatic carboxylic acids is 3. The molecule has 290 valence electrons. The fourth-order valence-electron chi connectivity index (χ4n) is 4.84. The average molecular weight is 730 g/mol. The van der Waals surface area contributed by atoms with E-state index in [1.807, 2.05) is 0 Å². The molecule has 0 aliphatic rings. The lowest BCUT2D eigenvalue weighted by atomic mass is 9.99. The van der Waals surface area contributed by atoms with Gasteiger partial charge in [0.25, 0.3) is 0 Å². The van der Waals surface area contributed by atoms with Crippen molar-refractivity contribution in [3.05, 3.63) is 0 Å². The Balaban J connectivity index is 6.28. The Bertz CT molecular complexity index is 1260. The number of primary amides is 1. The number of nitrogens with two attached hydrogens (primary N) is 2. The number of nitrogens with one attached hydrogen (secondary N) is 5. The molecule has 0 fully saturated rings. The normalized spacial score (nSPS) is 14.7. The van der Waals surface area contributed by atoms with Crippen molar-refractivity contribution in [1.82, 2.24) is 26.6 Å². The zero-order valence-electron chi connectivity index (χ0n) is 30.0. The molecule has 0 aromatic rings. The lowest BCUT2D eigenvalue weighted by Crippen LogP contribution is -2.59. The van der Waals surface area contributed by atoms with Crippen molar-refractivity contribution in [2.24, 2.45) is 29.2 Å². The zero-order valence-corrected chi connectivity index (χ0v) is 30.0. The molecule has 19 heteroatoms. The van der Waals surface area contributed by atoms with Crippen LogP contribution in [0.4, 0.5) is 0 Å². The minimum Gasteiger partial charge on any atom is -0.481 e. The molecule has 0 bridgehead atoms. The number of carbonyl (C=O) groups excluding carboxylic acids is 6. The second-order valence-electron chi connectivity index (χ2n) is 13.7. The third-order valence-electron chi connectivity index (χ3n) is 7.33. The summed E-state index contributed by atoms with van der Waals surface area (Å²) in [6.07, 6.45) is -2.25. The molecule has 0 radical (unpaired) electrons. The van der Waals surface area contributed by atoms with Gasteiger partial charge < -0.3 is 53.4 Å². The predicted octanol–water partition coefficient (Wildman–Crippen LogP) is -1.43. The van der Waals surface area contributed by atoms with E-state index in [0.717, 1.165) is 0 Å². The van der Waals surface area contributed by atoms with Crippen LogP contribution in [0.15, 0.2) is 0 Å². The first-order valence-corrected chi connectivity index (χ1v) is 16.8. The fraction of sp³-hybridized carbons (Fsp3) is 0.719. The lowest BCUT2D eigenvalue weighted by molar-refractivity contribution is -0.143. The first kappa shape index (κ1) is 46.2. The summed E-state index contributed by atoms with van der Waals surface area (Å²) in [5, 5.41) is 39.9. The summed E-state index contributed by atoms with van der Waals surface area (Å²) in [4.78, 5) is 112. The van der Waals surface area contributed by atoms with Crippen LogP contribution in [-0.2, 0) is 43.2 Å². The lowest BCUT2D eigenvalue weighted by Gasteiger charge is -2.28. The van der Waals surface area contributed by atoms with Crippen molar-refractivity contribution in [2.45, 2.75) is 129 Å². The largest absolute Gasteiger partial charge is 0.481 e. The van der Waals surface area contributed by atoms with Gasteiger partial charge in [-0.05, 0) is 49.9 Å². The van der Waals surface area contributed by atoms with E-state index in [2.05, 4.69) is 26.6 Å². The van der Waals surface area contributed by atoms with Gasteiger partial charge in [0.2, 0.25) is 35.4 Å². The van der Waals surface area contributed by atoms with E-state index in [-0.39, 0.29) is 49.9 Å². The number of hydrogen-bond donors (Lipinski definition) is 10. The molecule has 0 saturated carbocycles. The van der Waals surface area contributed by atoms with E-state index in [1.54, 1.807) is 41.5 Å². The highest BCUT2D eigenvalue weighted by molar-refractivity contribution is 5.97. The summed E-state index contributed by atoms with van der Waals surface area (Å²) < 4.78 is 0. The minimum absolute atomic E-state index is 0.0000727. The quantitative estimate of drug-likeness (QED) is 0.0516. The van der Waals surface area contributed by atoms with E-state index in [0.29, 0.717) is 0 Å². The van der Waals surface area contributed by atoms with Gasteiger partial charge in [-0.1, -0.05) is 41.5 Å². The third-order valence-corrected chi connectivity index (χ3v) is 7.33. The van der Waals surface area contributed by atoms with Crippen LogP contribution < -0.4 is 38.1 Å². The Hall–Kier alpha value is -4.81. The van der Waals surface area contributed by atoms with Crippen LogP contribution in [-0.4, -0.2) is 105 Å². The Kier molecular flexibility index (Phi) is 20.7. The van der Waals surface area contributed by atoms with E-state index in [4.69, 9.17) is 16.6 Å². The smallest absolute Gasteiger partial charge is 0.326 e. The molecule has 6 atom stereocenters. The van der Waals surface area contributed by atoms with Crippen molar-refractivity contribution in [2.75, 3.05) is 0 Å². The molecule has 0 unspecified atom stereocenters.